The lowest BCUT2D eigenvalue weighted by atomic mass is 10.2. The van der Waals surface area contributed by atoms with E-state index in [-0.39, 0.29) is 23.7 Å². The van der Waals surface area contributed by atoms with Crippen LogP contribution in [0, 0.1) is 0 Å². The van der Waals surface area contributed by atoms with Crippen molar-refractivity contribution < 1.29 is 22.7 Å². The molecule has 0 unspecified atom stereocenters. The van der Waals surface area contributed by atoms with E-state index in [1.54, 1.807) is 0 Å². The van der Waals surface area contributed by atoms with Gasteiger partial charge in [-0.15, -0.1) is 0 Å². The highest BCUT2D eigenvalue weighted by Gasteiger charge is 2.40. The number of carbonyl (C=O) groups is 1. The van der Waals surface area contributed by atoms with Crippen LogP contribution in [0.4, 0.5) is 19.0 Å². The molecule has 0 aliphatic heterocycles. The van der Waals surface area contributed by atoms with Gasteiger partial charge in [0.15, 0.2) is 17.3 Å². The first-order valence-electron chi connectivity index (χ1n) is 7.19. The molecule has 0 saturated heterocycles. The molecule has 2 aromatic heterocycles. The van der Waals surface area contributed by atoms with E-state index >= 15 is 0 Å². The number of methoxy groups -OCH3 is 1. The predicted molar refractivity (Wildman–Crippen MR) is 76.5 cm³/mol. The summed E-state index contributed by atoms with van der Waals surface area (Å²) in [6.45, 7) is -0.328. The Morgan fingerprint density at radius 1 is 1.42 bits per heavy atom. The summed E-state index contributed by atoms with van der Waals surface area (Å²) in [7, 11) is 1.39. The zero-order valence-corrected chi connectivity index (χ0v) is 12.7. The summed E-state index contributed by atoms with van der Waals surface area (Å²) in [4.78, 5) is 19.8. The Balaban J connectivity index is 1.80. The number of nitrogens with zero attached hydrogens (tertiary/aromatic N) is 4. The number of halogens is 3. The molecule has 1 amide bonds. The molecule has 0 aromatic carbocycles. The van der Waals surface area contributed by atoms with Crippen LogP contribution in [0.25, 0.3) is 0 Å². The number of ether oxygens (including phenoxy) is 1. The largest absolute Gasteiger partial charge is 0.491 e. The minimum atomic E-state index is -4.52. The molecule has 0 radical (unpaired) electrons. The molecule has 0 saturated carbocycles. The van der Waals surface area contributed by atoms with Gasteiger partial charge in [0.05, 0.1) is 13.3 Å². The van der Waals surface area contributed by atoms with E-state index in [0.29, 0.717) is 25.0 Å². The van der Waals surface area contributed by atoms with Crippen LogP contribution in [0.15, 0.2) is 12.5 Å². The van der Waals surface area contributed by atoms with Crippen molar-refractivity contribution in [3.63, 3.8) is 0 Å². The molecule has 7 nitrogen and oxygen atoms in total. The molecule has 0 fully saturated rings. The second-order valence-electron chi connectivity index (χ2n) is 5.27. The van der Waals surface area contributed by atoms with Crippen molar-refractivity contribution in [1.82, 2.24) is 19.7 Å². The fourth-order valence-electron chi connectivity index (χ4n) is 2.74. The first-order valence-corrected chi connectivity index (χ1v) is 7.19. The van der Waals surface area contributed by atoms with Gasteiger partial charge in [0.2, 0.25) is 5.91 Å². The number of amides is 1. The third kappa shape index (κ3) is 3.03. The molecule has 1 N–H and O–H groups in total. The van der Waals surface area contributed by atoms with Crippen molar-refractivity contribution in [3.8, 4) is 5.75 Å². The molecular formula is C14H14F3N5O2. The van der Waals surface area contributed by atoms with Crippen molar-refractivity contribution in [2.75, 3.05) is 12.4 Å². The van der Waals surface area contributed by atoms with Gasteiger partial charge < -0.3 is 10.1 Å². The topological polar surface area (TPSA) is 81.9 Å². The van der Waals surface area contributed by atoms with E-state index in [0.717, 1.165) is 4.68 Å². The Kier molecular flexibility index (Phi) is 4.12. The highest BCUT2D eigenvalue weighted by atomic mass is 19.4. The quantitative estimate of drug-likeness (QED) is 0.917. The average molecular weight is 341 g/mol. The Labute approximate surface area is 134 Å². The second-order valence-corrected chi connectivity index (χ2v) is 5.27. The first-order chi connectivity index (χ1) is 11.4. The summed E-state index contributed by atoms with van der Waals surface area (Å²) < 4.78 is 45.2. The van der Waals surface area contributed by atoms with E-state index in [4.69, 9.17) is 4.74 Å². The summed E-state index contributed by atoms with van der Waals surface area (Å²) in [5, 5.41) is 6.09. The lowest BCUT2D eigenvalue weighted by Crippen LogP contribution is -2.22. The van der Waals surface area contributed by atoms with E-state index in [2.05, 4.69) is 20.4 Å². The van der Waals surface area contributed by atoms with Crippen LogP contribution < -0.4 is 10.1 Å². The van der Waals surface area contributed by atoms with Gasteiger partial charge in [-0.3, -0.25) is 9.48 Å². The summed E-state index contributed by atoms with van der Waals surface area (Å²) in [6, 6.07) is 0. The second kappa shape index (κ2) is 6.10. The van der Waals surface area contributed by atoms with Crippen LogP contribution in [0.5, 0.6) is 5.75 Å². The van der Waals surface area contributed by atoms with Crippen molar-refractivity contribution in [2.45, 2.75) is 32.0 Å². The maximum Gasteiger partial charge on any atom is 0.435 e. The van der Waals surface area contributed by atoms with Gasteiger partial charge in [0.1, 0.15) is 12.9 Å². The van der Waals surface area contributed by atoms with Gasteiger partial charge in [-0.1, -0.05) is 0 Å². The summed E-state index contributed by atoms with van der Waals surface area (Å²) in [5.74, 6) is -0.136. The minimum Gasteiger partial charge on any atom is -0.491 e. The maximum atomic E-state index is 13.0. The van der Waals surface area contributed by atoms with Gasteiger partial charge in [0.25, 0.3) is 0 Å². The highest BCUT2D eigenvalue weighted by Crippen LogP contribution is 2.36. The number of rotatable bonds is 4. The summed E-state index contributed by atoms with van der Waals surface area (Å²) >= 11 is 0. The van der Waals surface area contributed by atoms with Crippen LogP contribution in [0.2, 0.25) is 0 Å². The van der Waals surface area contributed by atoms with Gasteiger partial charge in [-0.05, 0) is 19.3 Å². The van der Waals surface area contributed by atoms with Gasteiger partial charge in [-0.2, -0.15) is 18.3 Å². The third-order valence-electron chi connectivity index (χ3n) is 3.73. The van der Waals surface area contributed by atoms with E-state index in [1.807, 2.05) is 0 Å². The fraction of sp³-hybridized carbons (Fsp3) is 0.429. The zero-order chi connectivity index (χ0) is 17.3. The van der Waals surface area contributed by atoms with Crippen LogP contribution in [-0.4, -0.2) is 32.8 Å². The highest BCUT2D eigenvalue weighted by molar-refractivity contribution is 5.90. The number of aromatic nitrogens is 4. The Morgan fingerprint density at radius 3 is 2.92 bits per heavy atom. The minimum absolute atomic E-state index is 0.150. The number of carbonyl (C=O) groups excluding carboxylic acids is 1. The molecule has 0 atom stereocenters. The average Bonchev–Trinajstić information content (AvgIpc) is 3.10. The van der Waals surface area contributed by atoms with E-state index < -0.39 is 17.8 Å². The maximum absolute atomic E-state index is 13.0. The number of anilines is 1. The monoisotopic (exact) mass is 341 g/mol. The summed E-state index contributed by atoms with van der Waals surface area (Å²) in [5.41, 5.74) is -0.246. The fourth-order valence-corrected chi connectivity index (χ4v) is 2.74. The predicted octanol–water partition coefficient (Wildman–Crippen LogP) is 1.83. The zero-order valence-electron chi connectivity index (χ0n) is 12.7. The Hall–Kier alpha value is -2.65. The smallest absolute Gasteiger partial charge is 0.435 e. The molecular weight excluding hydrogens is 327 g/mol. The van der Waals surface area contributed by atoms with Crippen molar-refractivity contribution in [3.05, 3.63) is 29.5 Å². The molecule has 0 bridgehead atoms. The SMILES string of the molecule is COc1cncnc1NC(=O)Cn1nc(C(F)(F)F)c2c1CCC2. The van der Waals surface area contributed by atoms with Gasteiger partial charge in [0, 0.05) is 11.3 Å². The summed E-state index contributed by atoms with van der Waals surface area (Å²) in [6.07, 6.45) is -0.501. The normalized spacial score (nSPS) is 13.7. The van der Waals surface area contributed by atoms with E-state index in [1.165, 1.54) is 19.6 Å². The van der Waals surface area contributed by atoms with Crippen LogP contribution in [0.3, 0.4) is 0 Å². The van der Waals surface area contributed by atoms with Crippen molar-refractivity contribution >= 4 is 11.7 Å². The lowest BCUT2D eigenvalue weighted by molar-refractivity contribution is -0.142. The molecule has 1 aliphatic rings. The Morgan fingerprint density at radius 2 is 2.21 bits per heavy atom. The molecule has 1 aliphatic carbocycles. The van der Waals surface area contributed by atoms with Crippen LogP contribution in [0.1, 0.15) is 23.4 Å². The number of fused-ring (bicyclic) bond motifs is 1. The third-order valence-corrected chi connectivity index (χ3v) is 3.73. The van der Waals surface area contributed by atoms with Crippen LogP contribution in [-0.2, 0) is 30.4 Å². The lowest BCUT2D eigenvalue weighted by Gasteiger charge is -2.09. The number of hydrogen-bond acceptors (Lipinski definition) is 5. The first kappa shape index (κ1) is 16.2. The van der Waals surface area contributed by atoms with Crippen LogP contribution >= 0.6 is 0 Å². The number of nitrogens with one attached hydrogen (secondary N) is 1. The molecule has 128 valence electrons. The standard InChI is InChI=1S/C14H14F3N5O2/c1-24-10-5-18-7-19-13(10)20-11(23)6-22-9-4-2-3-8(9)12(21-22)14(15,16)17/h5,7H,2-4,6H2,1H3,(H,18,19,20,23). The van der Waals surface area contributed by atoms with Gasteiger partial charge in [-0.25, -0.2) is 9.97 Å². The molecule has 0 spiro atoms. The Bertz CT molecular complexity index is 772. The molecule has 24 heavy (non-hydrogen) atoms. The van der Waals surface area contributed by atoms with Crippen molar-refractivity contribution in [2.24, 2.45) is 0 Å². The molecule has 2 heterocycles. The molecule has 3 rings (SSSR count). The van der Waals surface area contributed by atoms with Crippen molar-refractivity contribution in [1.29, 1.82) is 0 Å². The van der Waals surface area contributed by atoms with E-state index in [9.17, 15) is 18.0 Å². The number of hydrogen-bond donors (Lipinski definition) is 1. The molecule has 10 heteroatoms. The number of alkyl halides is 3. The molecule has 2 aromatic rings. The van der Waals surface area contributed by atoms with Gasteiger partial charge >= 0.3 is 6.18 Å².